The first-order valence-corrected chi connectivity index (χ1v) is 11.7. The van der Waals surface area contributed by atoms with Crippen LogP contribution < -0.4 is 0 Å². The van der Waals surface area contributed by atoms with Crippen LogP contribution in [0.3, 0.4) is 0 Å². The van der Waals surface area contributed by atoms with Crippen molar-refractivity contribution >= 4 is 5.97 Å². The molecule has 0 aliphatic heterocycles. The number of carbonyl (C=O) groups is 1. The fourth-order valence-corrected chi connectivity index (χ4v) is 4.18. The quantitative estimate of drug-likeness (QED) is 0.209. The lowest BCUT2D eigenvalue weighted by Gasteiger charge is -2.21. The zero-order chi connectivity index (χ0) is 18.7. The van der Waals surface area contributed by atoms with Gasteiger partial charge in [-0.05, 0) is 38.0 Å². The number of hydrogen-bond donors (Lipinski definition) is 1. The SMILES string of the molecule is O=C(O)CCCCCCCC=CCCCCCCCCC1CCCCC1. The van der Waals surface area contributed by atoms with Crippen LogP contribution in [0.5, 0.6) is 0 Å². The summed E-state index contributed by atoms with van der Waals surface area (Å²) in [6.07, 6.45) is 30.6. The molecule has 0 aromatic rings. The second-order valence-corrected chi connectivity index (χ2v) is 8.37. The maximum absolute atomic E-state index is 10.4. The fraction of sp³-hybridized carbons (Fsp3) is 0.875. The van der Waals surface area contributed by atoms with Crippen molar-refractivity contribution in [2.24, 2.45) is 5.92 Å². The molecular weight excluding hydrogens is 320 g/mol. The molecule has 1 fully saturated rings. The first kappa shape index (κ1) is 23.2. The van der Waals surface area contributed by atoms with Gasteiger partial charge in [0, 0.05) is 6.42 Å². The van der Waals surface area contributed by atoms with Gasteiger partial charge < -0.3 is 5.11 Å². The molecule has 152 valence electrons. The minimum absolute atomic E-state index is 0.334. The molecule has 1 N–H and O–H groups in total. The van der Waals surface area contributed by atoms with E-state index in [-0.39, 0.29) is 0 Å². The molecule has 1 aliphatic carbocycles. The van der Waals surface area contributed by atoms with Crippen molar-refractivity contribution < 1.29 is 9.90 Å². The van der Waals surface area contributed by atoms with Crippen LogP contribution in [0.4, 0.5) is 0 Å². The van der Waals surface area contributed by atoms with Gasteiger partial charge in [-0.25, -0.2) is 0 Å². The second-order valence-electron chi connectivity index (χ2n) is 8.37. The predicted molar refractivity (Wildman–Crippen MR) is 113 cm³/mol. The topological polar surface area (TPSA) is 37.3 Å². The molecule has 0 amide bonds. The molecule has 1 rings (SSSR count). The lowest BCUT2D eigenvalue weighted by Crippen LogP contribution is -2.05. The molecule has 0 spiro atoms. The molecule has 0 bridgehead atoms. The lowest BCUT2D eigenvalue weighted by atomic mass is 9.85. The number of rotatable bonds is 17. The molecule has 26 heavy (non-hydrogen) atoms. The summed E-state index contributed by atoms with van der Waals surface area (Å²) in [7, 11) is 0. The standard InChI is InChI=1S/C24H44O2/c25-24(26)22-18-13-11-9-7-5-3-1-2-4-6-8-10-12-15-19-23-20-16-14-17-21-23/h1,3,23H,2,4-22H2,(H,25,26). The largest absolute Gasteiger partial charge is 0.481 e. The number of unbranched alkanes of at least 4 members (excludes halogenated alkanes) is 11. The van der Waals surface area contributed by atoms with Crippen LogP contribution in [0, 0.1) is 5.92 Å². The number of aliphatic carboxylic acids is 1. The van der Waals surface area contributed by atoms with Crippen molar-refractivity contribution in [3.05, 3.63) is 12.2 Å². The highest BCUT2D eigenvalue weighted by Crippen LogP contribution is 2.28. The van der Waals surface area contributed by atoms with Crippen LogP contribution >= 0.6 is 0 Å². The summed E-state index contributed by atoms with van der Waals surface area (Å²) >= 11 is 0. The van der Waals surface area contributed by atoms with Crippen LogP contribution in [-0.2, 0) is 4.79 Å². The Morgan fingerprint density at radius 1 is 0.692 bits per heavy atom. The Morgan fingerprint density at radius 3 is 1.77 bits per heavy atom. The minimum Gasteiger partial charge on any atom is -0.481 e. The number of hydrogen-bond acceptors (Lipinski definition) is 1. The fourth-order valence-electron chi connectivity index (χ4n) is 4.18. The maximum atomic E-state index is 10.4. The molecule has 0 atom stereocenters. The summed E-state index contributed by atoms with van der Waals surface area (Å²) in [5.74, 6) is 0.408. The molecule has 0 aromatic heterocycles. The Morgan fingerprint density at radius 2 is 1.19 bits per heavy atom. The molecule has 1 saturated carbocycles. The summed E-state index contributed by atoms with van der Waals surface area (Å²) in [6, 6.07) is 0. The van der Waals surface area contributed by atoms with Crippen LogP contribution in [-0.4, -0.2) is 11.1 Å². The van der Waals surface area contributed by atoms with Gasteiger partial charge in [-0.3, -0.25) is 4.79 Å². The summed E-state index contributed by atoms with van der Waals surface area (Å²) in [6.45, 7) is 0. The molecule has 0 radical (unpaired) electrons. The Kier molecular flexibility index (Phi) is 15.8. The van der Waals surface area contributed by atoms with Crippen molar-refractivity contribution in [3.63, 3.8) is 0 Å². The van der Waals surface area contributed by atoms with Crippen molar-refractivity contribution in [1.82, 2.24) is 0 Å². The Labute approximate surface area is 162 Å². The smallest absolute Gasteiger partial charge is 0.303 e. The van der Waals surface area contributed by atoms with E-state index in [4.69, 9.17) is 5.11 Å². The van der Waals surface area contributed by atoms with Crippen LogP contribution in [0.1, 0.15) is 128 Å². The van der Waals surface area contributed by atoms with Crippen molar-refractivity contribution in [1.29, 1.82) is 0 Å². The Bertz CT molecular complexity index is 342. The number of carboxylic acids is 1. The van der Waals surface area contributed by atoms with Gasteiger partial charge in [0.2, 0.25) is 0 Å². The van der Waals surface area contributed by atoms with Gasteiger partial charge in [0.1, 0.15) is 0 Å². The highest BCUT2D eigenvalue weighted by atomic mass is 16.4. The summed E-state index contributed by atoms with van der Waals surface area (Å²) < 4.78 is 0. The van der Waals surface area contributed by atoms with Crippen molar-refractivity contribution in [2.45, 2.75) is 128 Å². The van der Waals surface area contributed by atoms with E-state index >= 15 is 0 Å². The monoisotopic (exact) mass is 364 g/mol. The maximum Gasteiger partial charge on any atom is 0.303 e. The number of carboxylic acid groups (broad SMARTS) is 1. The minimum atomic E-state index is -0.660. The third-order valence-corrected chi connectivity index (χ3v) is 5.89. The Balaban J connectivity index is 1.72. The van der Waals surface area contributed by atoms with E-state index in [0.29, 0.717) is 6.42 Å². The predicted octanol–water partition coefficient (Wildman–Crippen LogP) is 8.06. The lowest BCUT2D eigenvalue weighted by molar-refractivity contribution is -0.137. The molecule has 2 nitrogen and oxygen atoms in total. The van der Waals surface area contributed by atoms with Crippen LogP contribution in [0.2, 0.25) is 0 Å². The molecule has 0 aromatic carbocycles. The zero-order valence-corrected chi connectivity index (χ0v) is 17.2. The molecule has 0 saturated heterocycles. The van der Waals surface area contributed by atoms with E-state index in [0.717, 1.165) is 18.8 Å². The van der Waals surface area contributed by atoms with E-state index in [2.05, 4.69) is 12.2 Å². The highest BCUT2D eigenvalue weighted by Gasteiger charge is 2.12. The van der Waals surface area contributed by atoms with Gasteiger partial charge in [-0.15, -0.1) is 0 Å². The Hall–Kier alpha value is -0.790. The molecule has 0 heterocycles. The van der Waals surface area contributed by atoms with E-state index in [9.17, 15) is 4.79 Å². The van der Waals surface area contributed by atoms with Crippen molar-refractivity contribution in [2.75, 3.05) is 0 Å². The van der Waals surface area contributed by atoms with Gasteiger partial charge in [0.15, 0.2) is 0 Å². The first-order valence-electron chi connectivity index (χ1n) is 11.7. The average molecular weight is 365 g/mol. The van der Waals surface area contributed by atoms with Crippen LogP contribution in [0.25, 0.3) is 0 Å². The summed E-state index contributed by atoms with van der Waals surface area (Å²) in [5.41, 5.74) is 0. The molecule has 1 aliphatic rings. The third-order valence-electron chi connectivity index (χ3n) is 5.89. The van der Waals surface area contributed by atoms with E-state index in [1.54, 1.807) is 0 Å². The van der Waals surface area contributed by atoms with Gasteiger partial charge in [0.25, 0.3) is 0 Å². The first-order chi connectivity index (χ1) is 12.8. The normalized spacial score (nSPS) is 15.7. The van der Waals surface area contributed by atoms with E-state index < -0.39 is 5.97 Å². The molecule has 2 heteroatoms. The van der Waals surface area contributed by atoms with Crippen molar-refractivity contribution in [3.8, 4) is 0 Å². The van der Waals surface area contributed by atoms with E-state index in [1.807, 2.05) is 0 Å². The van der Waals surface area contributed by atoms with Crippen LogP contribution in [0.15, 0.2) is 12.2 Å². The van der Waals surface area contributed by atoms with E-state index in [1.165, 1.54) is 109 Å². The second kappa shape index (κ2) is 17.6. The summed E-state index contributed by atoms with van der Waals surface area (Å²) in [4.78, 5) is 10.4. The zero-order valence-electron chi connectivity index (χ0n) is 17.2. The third kappa shape index (κ3) is 15.5. The molecular formula is C24H44O2. The molecule has 0 unspecified atom stereocenters. The number of allylic oxidation sites excluding steroid dienone is 2. The van der Waals surface area contributed by atoms with Gasteiger partial charge in [0.05, 0.1) is 0 Å². The average Bonchev–Trinajstić information content (AvgIpc) is 2.65. The van der Waals surface area contributed by atoms with Gasteiger partial charge in [-0.2, -0.15) is 0 Å². The van der Waals surface area contributed by atoms with Gasteiger partial charge >= 0.3 is 5.97 Å². The highest BCUT2D eigenvalue weighted by molar-refractivity contribution is 5.66. The van der Waals surface area contributed by atoms with Gasteiger partial charge in [-0.1, -0.05) is 102 Å². The summed E-state index contributed by atoms with van der Waals surface area (Å²) in [5, 5.41) is 8.57.